The molecule has 0 saturated carbocycles. The quantitative estimate of drug-likeness (QED) is 0.180. The van der Waals surface area contributed by atoms with Crippen molar-refractivity contribution in [3.63, 3.8) is 0 Å². The Labute approximate surface area is 159 Å². The molecule has 0 aromatic rings. The second kappa shape index (κ2) is 10.5. The van der Waals surface area contributed by atoms with E-state index in [9.17, 15) is 40.9 Å². The minimum absolute atomic E-state index is 0.448. The molecule has 0 amide bonds. The highest BCUT2D eigenvalue weighted by atomic mass is 16.8. The van der Waals surface area contributed by atoms with Crippen molar-refractivity contribution < 1.29 is 64.9 Å². The predicted octanol–water partition coefficient (Wildman–Crippen LogP) is -6.02. The normalized spacial score (nSPS) is 45.8. The maximum absolute atomic E-state index is 10.3. The molecule has 2 rings (SSSR count). The van der Waals surface area contributed by atoms with Crippen LogP contribution in [-0.4, -0.2) is 140 Å². The maximum Gasteiger partial charge on any atom is 0.187 e. The molecular formula is C15H28O13. The average molecular weight is 416 g/mol. The first-order valence-electron chi connectivity index (χ1n) is 8.74. The van der Waals surface area contributed by atoms with E-state index in [1.807, 2.05) is 0 Å². The largest absolute Gasteiger partial charge is 0.394 e. The van der Waals surface area contributed by atoms with Crippen LogP contribution in [0.25, 0.3) is 0 Å². The first-order valence-corrected chi connectivity index (χ1v) is 8.74. The Bertz CT molecular complexity index is 465. The van der Waals surface area contributed by atoms with Gasteiger partial charge in [0.25, 0.3) is 0 Å². The molecule has 0 spiro atoms. The van der Waals surface area contributed by atoms with Crippen LogP contribution < -0.4 is 0 Å². The molecule has 9 N–H and O–H groups in total. The molecule has 166 valence electrons. The Morgan fingerprint density at radius 2 is 1.25 bits per heavy atom. The number of aliphatic hydroxyl groups is 9. The topological polar surface area (TPSA) is 219 Å². The highest BCUT2D eigenvalue weighted by Crippen LogP contribution is 2.29. The van der Waals surface area contributed by atoms with Gasteiger partial charge in [-0.3, -0.25) is 0 Å². The van der Waals surface area contributed by atoms with E-state index >= 15 is 0 Å². The van der Waals surface area contributed by atoms with E-state index in [1.165, 1.54) is 0 Å². The van der Waals surface area contributed by atoms with Gasteiger partial charge in [0.2, 0.25) is 0 Å². The van der Waals surface area contributed by atoms with E-state index in [4.69, 9.17) is 24.1 Å². The molecule has 13 nitrogen and oxygen atoms in total. The third-order valence-corrected chi connectivity index (χ3v) is 4.63. The Morgan fingerprint density at radius 3 is 1.79 bits per heavy atom. The molecule has 28 heavy (non-hydrogen) atoms. The van der Waals surface area contributed by atoms with Crippen LogP contribution in [0.15, 0.2) is 0 Å². The fraction of sp³-hybridized carbons (Fsp3) is 1.00. The van der Waals surface area contributed by atoms with Crippen LogP contribution in [0.5, 0.6) is 0 Å². The molecule has 13 heteroatoms. The Morgan fingerprint density at radius 1 is 0.714 bits per heavy atom. The number of hydrogen-bond acceptors (Lipinski definition) is 13. The highest BCUT2D eigenvalue weighted by Gasteiger charge is 2.50. The zero-order valence-corrected chi connectivity index (χ0v) is 14.8. The van der Waals surface area contributed by atoms with Crippen molar-refractivity contribution in [2.45, 2.75) is 67.5 Å². The second-order valence-electron chi connectivity index (χ2n) is 6.67. The molecule has 2 aliphatic heterocycles. The summed E-state index contributed by atoms with van der Waals surface area (Å²) in [6.45, 7) is -2.45. The van der Waals surface area contributed by atoms with Gasteiger partial charge in [0.15, 0.2) is 12.6 Å². The fourth-order valence-electron chi connectivity index (χ4n) is 2.93. The smallest absolute Gasteiger partial charge is 0.187 e. The molecule has 0 aromatic heterocycles. The minimum Gasteiger partial charge on any atom is -0.394 e. The number of aliphatic hydroxyl groups excluding tert-OH is 9. The maximum atomic E-state index is 10.3. The van der Waals surface area contributed by atoms with Gasteiger partial charge in [-0.2, -0.15) is 0 Å². The van der Waals surface area contributed by atoms with E-state index in [1.54, 1.807) is 0 Å². The standard InChI is InChI=1S/C15H28O13/c16-1-5(19)4-25-15-13(11(23)9(21)7(3-18)27-15)28-14-12(24)10(22)8(20)6(2-17)26-14/h5-24H,1-4H2/t5?,6-,7-,8-,9-,10+,11+,12+,13-,14-,15+/m1/s1. The van der Waals surface area contributed by atoms with Crippen molar-refractivity contribution >= 4 is 0 Å². The summed E-state index contributed by atoms with van der Waals surface area (Å²) in [7, 11) is 0. The lowest BCUT2D eigenvalue weighted by molar-refractivity contribution is -0.368. The molecule has 2 fully saturated rings. The minimum atomic E-state index is -1.78. The molecule has 1 unspecified atom stereocenters. The van der Waals surface area contributed by atoms with E-state index < -0.39 is 93.9 Å². The molecule has 0 aliphatic carbocycles. The van der Waals surface area contributed by atoms with Crippen LogP contribution >= 0.6 is 0 Å². The zero-order valence-electron chi connectivity index (χ0n) is 14.8. The van der Waals surface area contributed by atoms with Crippen LogP contribution in [-0.2, 0) is 18.9 Å². The lowest BCUT2D eigenvalue weighted by Crippen LogP contribution is -2.64. The summed E-state index contributed by atoms with van der Waals surface area (Å²) in [5.41, 5.74) is 0. The molecule has 2 heterocycles. The monoisotopic (exact) mass is 416 g/mol. The van der Waals surface area contributed by atoms with Crippen LogP contribution in [0.2, 0.25) is 0 Å². The van der Waals surface area contributed by atoms with Crippen molar-refractivity contribution in [1.29, 1.82) is 0 Å². The number of hydrogen-bond donors (Lipinski definition) is 9. The summed E-state index contributed by atoms with van der Waals surface area (Å²) < 4.78 is 21.1. The molecule has 2 aliphatic rings. The highest BCUT2D eigenvalue weighted by molar-refractivity contribution is 4.93. The van der Waals surface area contributed by atoms with Crippen molar-refractivity contribution in [3.8, 4) is 0 Å². The predicted molar refractivity (Wildman–Crippen MR) is 85.4 cm³/mol. The van der Waals surface area contributed by atoms with E-state index in [0.29, 0.717) is 0 Å². The Hall–Kier alpha value is -0.520. The molecule has 0 radical (unpaired) electrons. The first kappa shape index (κ1) is 23.8. The van der Waals surface area contributed by atoms with Crippen molar-refractivity contribution in [1.82, 2.24) is 0 Å². The lowest BCUT2D eigenvalue weighted by atomic mass is 9.97. The third kappa shape index (κ3) is 5.14. The number of rotatable bonds is 8. The van der Waals surface area contributed by atoms with Crippen LogP contribution in [0.3, 0.4) is 0 Å². The van der Waals surface area contributed by atoms with Gasteiger partial charge in [-0.1, -0.05) is 0 Å². The van der Waals surface area contributed by atoms with Crippen LogP contribution in [0.1, 0.15) is 0 Å². The zero-order chi connectivity index (χ0) is 21.0. The summed E-state index contributed by atoms with van der Waals surface area (Å²) in [6, 6.07) is 0. The van der Waals surface area contributed by atoms with Gasteiger partial charge in [-0.25, -0.2) is 0 Å². The van der Waals surface area contributed by atoms with E-state index in [0.717, 1.165) is 0 Å². The fourth-order valence-corrected chi connectivity index (χ4v) is 2.93. The van der Waals surface area contributed by atoms with Crippen molar-refractivity contribution in [3.05, 3.63) is 0 Å². The van der Waals surface area contributed by atoms with Gasteiger partial charge >= 0.3 is 0 Å². The summed E-state index contributed by atoms with van der Waals surface area (Å²) in [4.78, 5) is 0. The van der Waals surface area contributed by atoms with E-state index in [2.05, 4.69) is 0 Å². The van der Waals surface area contributed by atoms with Gasteiger partial charge in [-0.05, 0) is 0 Å². The Balaban J connectivity index is 2.15. The van der Waals surface area contributed by atoms with Crippen molar-refractivity contribution in [2.75, 3.05) is 26.4 Å². The summed E-state index contributed by atoms with van der Waals surface area (Å²) in [5.74, 6) is 0. The van der Waals surface area contributed by atoms with Gasteiger partial charge in [0, 0.05) is 0 Å². The van der Waals surface area contributed by atoms with Gasteiger partial charge in [0.1, 0.15) is 54.9 Å². The summed E-state index contributed by atoms with van der Waals surface area (Å²) in [6.07, 6.45) is -16.9. The van der Waals surface area contributed by atoms with Crippen LogP contribution in [0, 0.1) is 0 Å². The number of ether oxygens (including phenoxy) is 4. The van der Waals surface area contributed by atoms with Gasteiger partial charge < -0.3 is 64.9 Å². The molecular weight excluding hydrogens is 388 g/mol. The average Bonchev–Trinajstić information content (AvgIpc) is 2.70. The molecule has 11 atom stereocenters. The SMILES string of the molecule is OCC(O)CO[C@H]1O[C@H](CO)[C@@H](O)[C@H](O)[C@H]1O[C@H]1O[C@H](CO)[C@@H](O)[C@H](O)[C@@H]1O. The first-order chi connectivity index (χ1) is 13.2. The van der Waals surface area contributed by atoms with Crippen molar-refractivity contribution in [2.24, 2.45) is 0 Å². The lowest BCUT2D eigenvalue weighted by Gasteiger charge is -2.46. The van der Waals surface area contributed by atoms with Gasteiger partial charge in [0.05, 0.1) is 26.4 Å². The molecule has 0 bridgehead atoms. The van der Waals surface area contributed by atoms with Crippen LogP contribution in [0.4, 0.5) is 0 Å². The third-order valence-electron chi connectivity index (χ3n) is 4.63. The summed E-state index contributed by atoms with van der Waals surface area (Å²) >= 11 is 0. The second-order valence-corrected chi connectivity index (χ2v) is 6.67. The molecule has 0 aromatic carbocycles. The molecule has 2 saturated heterocycles. The Kier molecular flexibility index (Phi) is 8.90. The van der Waals surface area contributed by atoms with Gasteiger partial charge in [-0.15, -0.1) is 0 Å². The van der Waals surface area contributed by atoms with E-state index in [-0.39, 0.29) is 0 Å². The summed E-state index contributed by atoms with van der Waals surface area (Å²) in [5, 5.41) is 86.9.